The van der Waals surface area contributed by atoms with E-state index in [9.17, 15) is 4.79 Å². The van der Waals surface area contributed by atoms with Crippen LogP contribution in [0, 0.1) is 6.92 Å². The first-order valence-corrected chi connectivity index (χ1v) is 5.35. The molecule has 1 rings (SSSR count). The Morgan fingerprint density at radius 3 is 2.17 bits per heavy atom. The predicted octanol–water partition coefficient (Wildman–Crippen LogP) is 1.12. The Kier molecular flexibility index (Phi) is 7.16. The van der Waals surface area contributed by atoms with Crippen molar-refractivity contribution >= 4 is 18.3 Å². The van der Waals surface area contributed by atoms with Crippen LogP contribution in [-0.2, 0) is 0 Å². The Bertz CT molecular complexity index is 385. The molecule has 18 heavy (non-hydrogen) atoms. The highest BCUT2D eigenvalue weighted by molar-refractivity contribution is 5.95. The Balaban J connectivity index is 0.00000289. The topological polar surface area (TPSA) is 73.6 Å². The van der Waals surface area contributed by atoms with Crippen molar-refractivity contribution in [3.05, 3.63) is 23.3 Å². The number of carbonyl (C=O) groups excluding carboxylic acids is 1. The van der Waals surface area contributed by atoms with E-state index in [4.69, 9.17) is 15.2 Å². The third-order valence-electron chi connectivity index (χ3n) is 2.44. The highest BCUT2D eigenvalue weighted by Gasteiger charge is 2.12. The lowest BCUT2D eigenvalue weighted by Crippen LogP contribution is -2.29. The standard InChI is InChI=1S/C12H18N2O3.ClH/c1-8-10(16-2)6-9(7-11(8)17-3)12(15)14-5-4-13;/h6-7H,4-5,13H2,1-3H3,(H,14,15);1H. The first-order chi connectivity index (χ1) is 8.13. The average Bonchev–Trinajstić information content (AvgIpc) is 2.36. The van der Waals surface area contributed by atoms with Crippen molar-refractivity contribution in [2.75, 3.05) is 27.3 Å². The van der Waals surface area contributed by atoms with Crippen molar-refractivity contribution in [3.63, 3.8) is 0 Å². The highest BCUT2D eigenvalue weighted by atomic mass is 35.5. The number of amides is 1. The molecule has 0 saturated heterocycles. The number of nitrogens with two attached hydrogens (primary N) is 1. The van der Waals surface area contributed by atoms with Gasteiger partial charge in [-0.25, -0.2) is 0 Å². The van der Waals surface area contributed by atoms with Gasteiger partial charge < -0.3 is 20.5 Å². The normalized spacial score (nSPS) is 9.33. The molecular weight excluding hydrogens is 256 g/mol. The van der Waals surface area contributed by atoms with Crippen LogP contribution in [0.3, 0.4) is 0 Å². The summed E-state index contributed by atoms with van der Waals surface area (Å²) in [4.78, 5) is 11.8. The first-order valence-electron chi connectivity index (χ1n) is 5.35. The van der Waals surface area contributed by atoms with Crippen LogP contribution in [0.1, 0.15) is 15.9 Å². The summed E-state index contributed by atoms with van der Waals surface area (Å²) in [5, 5.41) is 2.70. The summed E-state index contributed by atoms with van der Waals surface area (Å²) in [6.45, 7) is 2.72. The van der Waals surface area contributed by atoms with Gasteiger partial charge in [-0.05, 0) is 19.1 Å². The van der Waals surface area contributed by atoms with E-state index in [1.165, 1.54) is 0 Å². The lowest BCUT2D eigenvalue weighted by atomic mass is 10.1. The molecule has 0 heterocycles. The van der Waals surface area contributed by atoms with Gasteiger partial charge in [0.05, 0.1) is 14.2 Å². The van der Waals surface area contributed by atoms with Crippen molar-refractivity contribution in [2.45, 2.75) is 6.92 Å². The first kappa shape index (κ1) is 16.5. The van der Waals surface area contributed by atoms with Crippen LogP contribution in [0.15, 0.2) is 12.1 Å². The van der Waals surface area contributed by atoms with Gasteiger partial charge in [-0.2, -0.15) is 0 Å². The zero-order chi connectivity index (χ0) is 12.8. The molecule has 1 aromatic carbocycles. The maximum atomic E-state index is 11.8. The van der Waals surface area contributed by atoms with E-state index in [-0.39, 0.29) is 18.3 Å². The van der Waals surface area contributed by atoms with Gasteiger partial charge in [0.15, 0.2) is 0 Å². The van der Waals surface area contributed by atoms with Gasteiger partial charge in [0.2, 0.25) is 0 Å². The number of hydrogen-bond acceptors (Lipinski definition) is 4. The smallest absolute Gasteiger partial charge is 0.251 e. The van der Waals surface area contributed by atoms with Crippen molar-refractivity contribution in [2.24, 2.45) is 5.73 Å². The van der Waals surface area contributed by atoms with Gasteiger partial charge in [0.25, 0.3) is 5.91 Å². The van der Waals surface area contributed by atoms with Gasteiger partial charge in [0.1, 0.15) is 11.5 Å². The highest BCUT2D eigenvalue weighted by Crippen LogP contribution is 2.29. The van der Waals surface area contributed by atoms with Crippen LogP contribution < -0.4 is 20.5 Å². The molecule has 0 saturated carbocycles. The number of hydrogen-bond donors (Lipinski definition) is 2. The lowest BCUT2D eigenvalue weighted by molar-refractivity contribution is 0.0954. The summed E-state index contributed by atoms with van der Waals surface area (Å²) in [6.07, 6.45) is 0. The van der Waals surface area contributed by atoms with Gasteiger partial charge >= 0.3 is 0 Å². The lowest BCUT2D eigenvalue weighted by Gasteiger charge is -2.12. The second-order valence-corrected chi connectivity index (χ2v) is 3.55. The monoisotopic (exact) mass is 274 g/mol. The van der Waals surface area contributed by atoms with E-state index < -0.39 is 0 Å². The summed E-state index contributed by atoms with van der Waals surface area (Å²) in [6, 6.07) is 3.37. The number of methoxy groups -OCH3 is 2. The Morgan fingerprint density at radius 2 is 1.78 bits per heavy atom. The number of rotatable bonds is 5. The summed E-state index contributed by atoms with van der Waals surface area (Å²) in [5.41, 5.74) is 6.69. The molecule has 0 aromatic heterocycles. The molecule has 102 valence electrons. The molecule has 0 radical (unpaired) electrons. The number of benzene rings is 1. The van der Waals surface area contributed by atoms with Crippen molar-refractivity contribution in [1.82, 2.24) is 5.32 Å². The van der Waals surface area contributed by atoms with Gasteiger partial charge in [-0.15, -0.1) is 12.4 Å². The van der Waals surface area contributed by atoms with Crippen LogP contribution in [-0.4, -0.2) is 33.2 Å². The maximum absolute atomic E-state index is 11.8. The third kappa shape index (κ3) is 3.78. The summed E-state index contributed by atoms with van der Waals surface area (Å²) in [7, 11) is 3.12. The molecule has 0 spiro atoms. The Morgan fingerprint density at radius 1 is 1.28 bits per heavy atom. The molecule has 5 nitrogen and oxygen atoms in total. The molecule has 1 amide bonds. The number of nitrogens with one attached hydrogen (secondary N) is 1. The number of carbonyl (C=O) groups is 1. The number of halogens is 1. The van der Waals surface area contributed by atoms with Crippen molar-refractivity contribution < 1.29 is 14.3 Å². The van der Waals surface area contributed by atoms with E-state index in [0.717, 1.165) is 5.56 Å². The maximum Gasteiger partial charge on any atom is 0.251 e. The molecule has 0 aliphatic heterocycles. The van der Waals surface area contributed by atoms with Crippen LogP contribution in [0.2, 0.25) is 0 Å². The largest absolute Gasteiger partial charge is 0.496 e. The zero-order valence-electron chi connectivity index (χ0n) is 10.8. The molecule has 0 unspecified atom stereocenters. The van der Waals surface area contributed by atoms with Gasteiger partial charge in [-0.3, -0.25) is 4.79 Å². The zero-order valence-corrected chi connectivity index (χ0v) is 11.6. The van der Waals surface area contributed by atoms with E-state index >= 15 is 0 Å². The molecule has 0 aliphatic carbocycles. The van der Waals surface area contributed by atoms with Crippen LogP contribution in [0.25, 0.3) is 0 Å². The van der Waals surface area contributed by atoms with Crippen molar-refractivity contribution in [1.29, 1.82) is 0 Å². The molecule has 6 heteroatoms. The molecule has 0 atom stereocenters. The second kappa shape index (κ2) is 7.79. The molecule has 1 aromatic rings. The minimum Gasteiger partial charge on any atom is -0.496 e. The summed E-state index contributed by atoms with van der Waals surface area (Å²) < 4.78 is 10.4. The Labute approximate surface area is 113 Å². The number of ether oxygens (including phenoxy) is 2. The summed E-state index contributed by atoms with van der Waals surface area (Å²) >= 11 is 0. The minimum absolute atomic E-state index is 0. The van der Waals surface area contributed by atoms with Gasteiger partial charge in [-0.1, -0.05) is 0 Å². The third-order valence-corrected chi connectivity index (χ3v) is 2.44. The fraction of sp³-hybridized carbons (Fsp3) is 0.417. The molecule has 0 bridgehead atoms. The fourth-order valence-electron chi connectivity index (χ4n) is 1.50. The SMILES string of the molecule is COc1cc(C(=O)NCCN)cc(OC)c1C.Cl. The van der Waals surface area contributed by atoms with Crippen LogP contribution >= 0.6 is 12.4 Å². The van der Waals surface area contributed by atoms with E-state index in [0.29, 0.717) is 30.2 Å². The molecular formula is C12H19ClN2O3. The van der Waals surface area contributed by atoms with Gasteiger partial charge in [0, 0.05) is 24.2 Å². The predicted molar refractivity (Wildman–Crippen MR) is 72.9 cm³/mol. The fourth-order valence-corrected chi connectivity index (χ4v) is 1.50. The molecule has 0 fully saturated rings. The quantitative estimate of drug-likeness (QED) is 0.844. The van der Waals surface area contributed by atoms with Crippen LogP contribution in [0.5, 0.6) is 11.5 Å². The minimum atomic E-state index is -0.188. The van der Waals surface area contributed by atoms with E-state index in [1.807, 2.05) is 6.92 Å². The van der Waals surface area contributed by atoms with E-state index in [2.05, 4.69) is 5.32 Å². The molecule has 0 aliphatic rings. The Hall–Kier alpha value is -1.46. The van der Waals surface area contributed by atoms with Crippen LogP contribution in [0.4, 0.5) is 0 Å². The van der Waals surface area contributed by atoms with Crippen molar-refractivity contribution in [3.8, 4) is 11.5 Å². The molecule has 3 N–H and O–H groups in total. The summed E-state index contributed by atoms with van der Waals surface area (Å²) in [5.74, 6) is 1.07. The second-order valence-electron chi connectivity index (χ2n) is 3.55. The average molecular weight is 275 g/mol. The van der Waals surface area contributed by atoms with E-state index in [1.54, 1.807) is 26.4 Å².